The zero-order valence-corrected chi connectivity index (χ0v) is 19.0. The Labute approximate surface area is 193 Å². The number of alkyl carbamates (subject to hydrolysis) is 1. The van der Waals surface area contributed by atoms with E-state index in [1.165, 1.54) is 0 Å². The molecule has 7 nitrogen and oxygen atoms in total. The van der Waals surface area contributed by atoms with Crippen LogP contribution >= 0.6 is 0 Å². The summed E-state index contributed by atoms with van der Waals surface area (Å²) in [7, 11) is 0. The predicted octanol–water partition coefficient (Wildman–Crippen LogP) is 4.02. The fraction of sp³-hybridized carbons (Fsp3) is 0.423. The van der Waals surface area contributed by atoms with Gasteiger partial charge in [0.05, 0.1) is 6.42 Å². The number of carbonyl (C=O) groups is 3. The van der Waals surface area contributed by atoms with E-state index in [2.05, 4.69) is 17.4 Å². The molecule has 2 N–H and O–H groups in total. The Balaban J connectivity index is 1.39. The lowest BCUT2D eigenvalue weighted by atomic mass is 9.98. The Hall–Kier alpha value is -3.35. The molecule has 4 rings (SSSR count). The number of aliphatic carboxylic acids is 1. The van der Waals surface area contributed by atoms with Crippen molar-refractivity contribution < 1.29 is 24.2 Å². The van der Waals surface area contributed by atoms with Crippen molar-refractivity contribution in [3.05, 3.63) is 59.7 Å². The van der Waals surface area contributed by atoms with Gasteiger partial charge in [0.1, 0.15) is 12.1 Å². The van der Waals surface area contributed by atoms with Gasteiger partial charge in [0.2, 0.25) is 5.91 Å². The van der Waals surface area contributed by atoms with Gasteiger partial charge in [-0.1, -0.05) is 48.5 Å². The third kappa shape index (κ3) is 5.18. The molecular weight excluding hydrogens is 420 g/mol. The highest BCUT2D eigenvalue weighted by Crippen LogP contribution is 2.44. The molecule has 0 atom stereocenters. The Morgan fingerprint density at radius 2 is 1.61 bits per heavy atom. The van der Waals surface area contributed by atoms with Crippen molar-refractivity contribution in [1.82, 2.24) is 10.2 Å². The lowest BCUT2D eigenvalue weighted by molar-refractivity contribution is -0.140. The Kier molecular flexibility index (Phi) is 6.40. The molecule has 0 heterocycles. The number of carbonyl (C=O) groups excluding carboxylic acids is 2. The van der Waals surface area contributed by atoms with Crippen molar-refractivity contribution in [1.29, 1.82) is 0 Å². The number of amides is 2. The average Bonchev–Trinajstić information content (AvgIpc) is 3.55. The highest BCUT2D eigenvalue weighted by Gasteiger charge is 2.37. The third-order valence-corrected chi connectivity index (χ3v) is 6.35. The molecule has 174 valence electrons. The number of nitrogens with one attached hydrogen (secondary N) is 1. The van der Waals surface area contributed by atoms with Crippen molar-refractivity contribution in [2.45, 2.75) is 44.6 Å². The number of hydrogen-bond acceptors (Lipinski definition) is 4. The van der Waals surface area contributed by atoms with Crippen molar-refractivity contribution in [3.8, 4) is 11.1 Å². The van der Waals surface area contributed by atoms with E-state index in [1.807, 2.05) is 36.4 Å². The van der Waals surface area contributed by atoms with Crippen LogP contribution in [-0.2, 0) is 14.3 Å². The van der Waals surface area contributed by atoms with Crippen LogP contribution in [0.4, 0.5) is 4.79 Å². The normalized spacial score (nSPS) is 14.8. The second-order valence-electron chi connectivity index (χ2n) is 9.41. The molecule has 7 heteroatoms. The van der Waals surface area contributed by atoms with Gasteiger partial charge in [-0.05, 0) is 54.9 Å². The van der Waals surface area contributed by atoms with Crippen LogP contribution in [0.1, 0.15) is 50.2 Å². The number of rotatable bonds is 9. The largest absolute Gasteiger partial charge is 0.481 e. The summed E-state index contributed by atoms with van der Waals surface area (Å²) in [6, 6.07) is 16.2. The van der Waals surface area contributed by atoms with Gasteiger partial charge in [-0.25, -0.2) is 4.79 Å². The fourth-order valence-corrected chi connectivity index (χ4v) is 4.46. The first-order chi connectivity index (χ1) is 15.8. The second-order valence-corrected chi connectivity index (χ2v) is 9.41. The minimum atomic E-state index is -1.21. The first-order valence-electron chi connectivity index (χ1n) is 11.4. The fourth-order valence-electron chi connectivity index (χ4n) is 4.46. The molecule has 1 fully saturated rings. The first kappa shape index (κ1) is 22.8. The van der Waals surface area contributed by atoms with Crippen LogP contribution in [0.5, 0.6) is 0 Å². The maximum absolute atomic E-state index is 13.1. The number of nitrogens with zero attached hydrogens (tertiary/aromatic N) is 1. The molecule has 0 aromatic heterocycles. The molecule has 0 unspecified atom stereocenters. The third-order valence-electron chi connectivity index (χ3n) is 6.35. The predicted molar refractivity (Wildman–Crippen MR) is 124 cm³/mol. The lowest BCUT2D eigenvalue weighted by Gasteiger charge is -2.32. The Bertz CT molecular complexity index is 1010. The van der Waals surface area contributed by atoms with Gasteiger partial charge in [-0.15, -0.1) is 0 Å². The molecule has 0 aliphatic heterocycles. The van der Waals surface area contributed by atoms with Gasteiger partial charge >= 0.3 is 12.1 Å². The second kappa shape index (κ2) is 9.25. The van der Waals surface area contributed by atoms with Gasteiger partial charge in [0.15, 0.2) is 0 Å². The highest BCUT2D eigenvalue weighted by molar-refractivity contribution is 5.89. The van der Waals surface area contributed by atoms with E-state index in [1.54, 1.807) is 18.7 Å². The maximum Gasteiger partial charge on any atom is 0.408 e. The van der Waals surface area contributed by atoms with Crippen molar-refractivity contribution >= 4 is 18.0 Å². The van der Waals surface area contributed by atoms with E-state index in [0.29, 0.717) is 12.5 Å². The van der Waals surface area contributed by atoms with Crippen molar-refractivity contribution in [2.75, 3.05) is 19.7 Å². The molecule has 2 aromatic rings. The SMILES string of the molecule is CC(C)(NC(=O)OCC1c2ccccc2-c2ccccc21)C(=O)N(CCC(=O)O)CC1CC1. The number of fused-ring (bicyclic) bond motifs is 3. The van der Waals surface area contributed by atoms with Crippen LogP contribution in [0.15, 0.2) is 48.5 Å². The Morgan fingerprint density at radius 1 is 1.03 bits per heavy atom. The summed E-state index contributed by atoms with van der Waals surface area (Å²) in [6.07, 6.45) is 1.29. The van der Waals surface area contributed by atoms with Crippen LogP contribution in [0.25, 0.3) is 11.1 Å². The molecule has 0 spiro atoms. The van der Waals surface area contributed by atoms with E-state index >= 15 is 0 Å². The zero-order chi connectivity index (χ0) is 23.6. The highest BCUT2D eigenvalue weighted by atomic mass is 16.5. The van der Waals surface area contributed by atoms with Crippen molar-refractivity contribution in [3.63, 3.8) is 0 Å². The summed E-state index contributed by atoms with van der Waals surface area (Å²) in [6.45, 7) is 4.05. The monoisotopic (exact) mass is 450 g/mol. The number of benzene rings is 2. The summed E-state index contributed by atoms with van der Waals surface area (Å²) in [4.78, 5) is 38.4. The number of hydrogen-bond donors (Lipinski definition) is 2. The van der Waals surface area contributed by atoms with E-state index in [9.17, 15) is 14.4 Å². The molecule has 0 bridgehead atoms. The minimum Gasteiger partial charge on any atom is -0.481 e. The lowest BCUT2D eigenvalue weighted by Crippen LogP contribution is -2.56. The van der Waals surface area contributed by atoms with Crippen molar-refractivity contribution in [2.24, 2.45) is 5.92 Å². The quantitative estimate of drug-likeness (QED) is 0.602. The molecule has 33 heavy (non-hydrogen) atoms. The van der Waals surface area contributed by atoms with E-state index in [-0.39, 0.29) is 31.4 Å². The van der Waals surface area contributed by atoms with Crippen LogP contribution in [0.2, 0.25) is 0 Å². The standard InChI is InChI=1S/C26H30N2O5/c1-26(2,24(31)28(14-13-23(29)30)15-17-11-12-17)27-25(32)33-16-22-20-9-5-3-7-18(20)19-8-4-6-10-21(19)22/h3-10,17,22H,11-16H2,1-2H3,(H,27,32)(H,29,30). The summed E-state index contributed by atoms with van der Waals surface area (Å²) < 4.78 is 5.58. The molecule has 1 saturated carbocycles. The van der Waals surface area contributed by atoms with Crippen LogP contribution in [-0.4, -0.2) is 53.2 Å². The van der Waals surface area contributed by atoms with E-state index in [4.69, 9.17) is 9.84 Å². The topological polar surface area (TPSA) is 95.9 Å². The van der Waals surface area contributed by atoms with Crippen LogP contribution < -0.4 is 5.32 Å². The summed E-state index contributed by atoms with van der Waals surface area (Å²) in [5, 5.41) is 11.7. The van der Waals surface area contributed by atoms with Gasteiger partial charge < -0.3 is 20.1 Å². The van der Waals surface area contributed by atoms with Gasteiger partial charge in [-0.3, -0.25) is 9.59 Å². The number of ether oxygens (including phenoxy) is 1. The molecule has 2 aliphatic carbocycles. The van der Waals surface area contributed by atoms with Crippen LogP contribution in [0, 0.1) is 5.92 Å². The number of carboxylic acids is 1. The molecular formula is C26H30N2O5. The van der Waals surface area contributed by atoms with E-state index < -0.39 is 17.6 Å². The summed E-state index contributed by atoms with van der Waals surface area (Å²) >= 11 is 0. The summed E-state index contributed by atoms with van der Waals surface area (Å²) in [5.41, 5.74) is 3.31. The van der Waals surface area contributed by atoms with Gasteiger partial charge in [0, 0.05) is 19.0 Å². The smallest absolute Gasteiger partial charge is 0.408 e. The number of carboxylic acid groups (broad SMARTS) is 1. The average molecular weight is 451 g/mol. The van der Waals surface area contributed by atoms with Crippen LogP contribution in [0.3, 0.4) is 0 Å². The molecule has 2 amide bonds. The molecule has 0 saturated heterocycles. The van der Waals surface area contributed by atoms with Gasteiger partial charge in [-0.2, -0.15) is 0 Å². The van der Waals surface area contributed by atoms with Gasteiger partial charge in [0.25, 0.3) is 0 Å². The maximum atomic E-state index is 13.1. The Morgan fingerprint density at radius 3 is 2.15 bits per heavy atom. The first-order valence-corrected chi connectivity index (χ1v) is 11.4. The summed E-state index contributed by atoms with van der Waals surface area (Å²) in [5.74, 6) is -0.910. The molecule has 0 radical (unpaired) electrons. The minimum absolute atomic E-state index is 0.0658. The van der Waals surface area contributed by atoms with E-state index in [0.717, 1.165) is 35.1 Å². The molecule has 2 aliphatic rings. The zero-order valence-electron chi connectivity index (χ0n) is 19.0. The molecule has 2 aromatic carbocycles.